The normalized spacial score (nSPS) is 12.4. The van der Waals surface area contributed by atoms with Gasteiger partial charge in [-0.3, -0.25) is 0 Å². The highest BCUT2D eigenvalue weighted by atomic mass is 35.5. The Morgan fingerprint density at radius 3 is 2.76 bits per heavy atom. The molecule has 0 radical (unpaired) electrons. The average molecular weight is 265 g/mol. The van der Waals surface area contributed by atoms with Crippen LogP contribution in [-0.4, -0.2) is 4.98 Å². The van der Waals surface area contributed by atoms with E-state index in [0.29, 0.717) is 0 Å². The van der Waals surface area contributed by atoms with Gasteiger partial charge < -0.3 is 5.73 Å². The third-order valence-electron chi connectivity index (χ3n) is 2.34. The van der Waals surface area contributed by atoms with E-state index >= 15 is 0 Å². The predicted octanol–water partition coefficient (Wildman–Crippen LogP) is 3.91. The smallest absolute Gasteiger partial charge is 0.101 e. The van der Waals surface area contributed by atoms with Crippen LogP contribution in [0.2, 0.25) is 5.02 Å². The maximum Gasteiger partial charge on any atom is 0.101 e. The Morgan fingerprint density at radius 1 is 1.29 bits per heavy atom. The van der Waals surface area contributed by atoms with Gasteiger partial charge in [0.2, 0.25) is 0 Å². The molecule has 0 fully saturated rings. The third-order valence-corrected chi connectivity index (χ3v) is 3.79. The van der Waals surface area contributed by atoms with Gasteiger partial charge in [0.1, 0.15) is 5.03 Å². The Balaban J connectivity index is 2.25. The zero-order chi connectivity index (χ0) is 12.3. The Labute approximate surface area is 110 Å². The SMILES string of the molecule is CC(N)c1ccnc(Sc2ccccc2Cl)c1. The lowest BCUT2D eigenvalue weighted by molar-refractivity contribution is 0.808. The van der Waals surface area contributed by atoms with Crippen LogP contribution in [0, 0.1) is 0 Å². The number of aromatic nitrogens is 1. The summed E-state index contributed by atoms with van der Waals surface area (Å²) < 4.78 is 0. The standard InChI is InChI=1S/C13H13ClN2S/c1-9(15)10-6-7-16-13(8-10)17-12-5-3-2-4-11(12)14/h2-9H,15H2,1H3. The Hall–Kier alpha value is -1.03. The van der Waals surface area contributed by atoms with Crippen molar-refractivity contribution in [2.45, 2.75) is 22.9 Å². The van der Waals surface area contributed by atoms with Gasteiger partial charge in [0.15, 0.2) is 0 Å². The molecular formula is C13H13ClN2S. The molecule has 1 aromatic carbocycles. The van der Waals surface area contributed by atoms with Crippen molar-refractivity contribution in [3.8, 4) is 0 Å². The molecule has 1 atom stereocenters. The highest BCUT2D eigenvalue weighted by Gasteiger charge is 2.05. The molecule has 0 aliphatic carbocycles. The van der Waals surface area contributed by atoms with Crippen molar-refractivity contribution in [1.82, 2.24) is 4.98 Å². The number of nitrogens with two attached hydrogens (primary N) is 1. The molecule has 0 aliphatic heterocycles. The van der Waals surface area contributed by atoms with Crippen molar-refractivity contribution in [2.75, 3.05) is 0 Å². The first-order chi connectivity index (χ1) is 8.16. The predicted molar refractivity (Wildman–Crippen MR) is 72.4 cm³/mol. The number of benzene rings is 1. The van der Waals surface area contributed by atoms with Crippen LogP contribution in [0.15, 0.2) is 52.5 Å². The van der Waals surface area contributed by atoms with E-state index in [-0.39, 0.29) is 6.04 Å². The molecule has 2 rings (SSSR count). The van der Waals surface area contributed by atoms with E-state index in [4.69, 9.17) is 17.3 Å². The second kappa shape index (κ2) is 5.54. The van der Waals surface area contributed by atoms with Gasteiger partial charge >= 0.3 is 0 Å². The Morgan fingerprint density at radius 2 is 2.06 bits per heavy atom. The molecule has 2 nitrogen and oxygen atoms in total. The lowest BCUT2D eigenvalue weighted by Gasteiger charge is -2.07. The zero-order valence-electron chi connectivity index (χ0n) is 9.43. The van der Waals surface area contributed by atoms with E-state index < -0.39 is 0 Å². The number of nitrogens with zero attached hydrogens (tertiary/aromatic N) is 1. The molecule has 0 aliphatic rings. The Kier molecular flexibility index (Phi) is 4.05. The largest absolute Gasteiger partial charge is 0.324 e. The summed E-state index contributed by atoms with van der Waals surface area (Å²) in [4.78, 5) is 5.31. The topological polar surface area (TPSA) is 38.9 Å². The molecule has 17 heavy (non-hydrogen) atoms. The number of hydrogen-bond donors (Lipinski definition) is 1. The van der Waals surface area contributed by atoms with Gasteiger partial charge in [-0.15, -0.1) is 0 Å². The molecule has 4 heteroatoms. The summed E-state index contributed by atoms with van der Waals surface area (Å²) in [6.45, 7) is 1.96. The monoisotopic (exact) mass is 264 g/mol. The van der Waals surface area contributed by atoms with Crippen molar-refractivity contribution in [3.05, 3.63) is 53.2 Å². The fraction of sp³-hybridized carbons (Fsp3) is 0.154. The summed E-state index contributed by atoms with van der Waals surface area (Å²) in [6, 6.07) is 11.7. The maximum absolute atomic E-state index is 6.10. The van der Waals surface area contributed by atoms with Crippen molar-refractivity contribution >= 4 is 23.4 Å². The zero-order valence-corrected chi connectivity index (χ0v) is 11.0. The first-order valence-corrected chi connectivity index (χ1v) is 6.50. The Bertz CT molecular complexity index is 514. The first kappa shape index (κ1) is 12.4. The molecule has 88 valence electrons. The van der Waals surface area contributed by atoms with Gasteiger partial charge in [-0.1, -0.05) is 35.5 Å². The van der Waals surface area contributed by atoms with Crippen LogP contribution in [0.5, 0.6) is 0 Å². The second-order valence-electron chi connectivity index (χ2n) is 3.75. The number of halogens is 1. The number of rotatable bonds is 3. The van der Waals surface area contributed by atoms with Crippen LogP contribution in [-0.2, 0) is 0 Å². The summed E-state index contributed by atoms with van der Waals surface area (Å²) >= 11 is 7.65. The first-order valence-electron chi connectivity index (χ1n) is 5.31. The number of pyridine rings is 1. The van der Waals surface area contributed by atoms with E-state index in [1.807, 2.05) is 43.3 Å². The molecule has 0 amide bonds. The molecule has 0 saturated carbocycles. The van der Waals surface area contributed by atoms with Crippen molar-refractivity contribution in [3.63, 3.8) is 0 Å². The minimum atomic E-state index is 0.0172. The third kappa shape index (κ3) is 3.22. The van der Waals surface area contributed by atoms with Gasteiger partial charge in [0.05, 0.1) is 5.02 Å². The highest BCUT2D eigenvalue weighted by Crippen LogP contribution is 2.32. The lowest BCUT2D eigenvalue weighted by atomic mass is 10.1. The van der Waals surface area contributed by atoms with Crippen LogP contribution in [0.25, 0.3) is 0 Å². The summed E-state index contributed by atoms with van der Waals surface area (Å²) in [5.41, 5.74) is 6.92. The van der Waals surface area contributed by atoms with E-state index in [2.05, 4.69) is 4.98 Å². The van der Waals surface area contributed by atoms with E-state index in [9.17, 15) is 0 Å². The molecule has 0 spiro atoms. The molecule has 2 aromatic rings. The number of hydrogen-bond acceptors (Lipinski definition) is 3. The highest BCUT2D eigenvalue weighted by molar-refractivity contribution is 7.99. The minimum absolute atomic E-state index is 0.0172. The molecule has 1 aromatic heterocycles. The van der Waals surface area contributed by atoms with Crippen LogP contribution < -0.4 is 5.73 Å². The summed E-state index contributed by atoms with van der Waals surface area (Å²) in [5, 5.41) is 1.65. The average Bonchev–Trinajstić information content (AvgIpc) is 2.32. The van der Waals surface area contributed by atoms with Crippen LogP contribution in [0.1, 0.15) is 18.5 Å². The fourth-order valence-electron chi connectivity index (χ4n) is 1.40. The summed E-state index contributed by atoms with van der Waals surface area (Å²) in [5.74, 6) is 0. The van der Waals surface area contributed by atoms with E-state index in [1.165, 1.54) is 0 Å². The van der Waals surface area contributed by atoms with Gasteiger partial charge in [-0.05, 0) is 36.8 Å². The lowest BCUT2D eigenvalue weighted by Crippen LogP contribution is -2.04. The van der Waals surface area contributed by atoms with Crippen LogP contribution >= 0.6 is 23.4 Å². The van der Waals surface area contributed by atoms with Crippen LogP contribution in [0.4, 0.5) is 0 Å². The van der Waals surface area contributed by atoms with Gasteiger partial charge in [0.25, 0.3) is 0 Å². The second-order valence-corrected chi connectivity index (χ2v) is 5.22. The van der Waals surface area contributed by atoms with E-state index in [0.717, 1.165) is 20.5 Å². The quantitative estimate of drug-likeness (QED) is 0.914. The minimum Gasteiger partial charge on any atom is -0.324 e. The molecule has 0 saturated heterocycles. The van der Waals surface area contributed by atoms with Gasteiger partial charge in [-0.25, -0.2) is 4.98 Å². The molecular weight excluding hydrogens is 252 g/mol. The summed E-state index contributed by atoms with van der Waals surface area (Å²) in [7, 11) is 0. The van der Waals surface area contributed by atoms with Crippen molar-refractivity contribution in [2.24, 2.45) is 5.73 Å². The van der Waals surface area contributed by atoms with Gasteiger partial charge in [0, 0.05) is 17.1 Å². The van der Waals surface area contributed by atoms with Crippen molar-refractivity contribution in [1.29, 1.82) is 0 Å². The van der Waals surface area contributed by atoms with E-state index in [1.54, 1.807) is 18.0 Å². The van der Waals surface area contributed by atoms with Crippen molar-refractivity contribution < 1.29 is 0 Å². The molecule has 1 heterocycles. The molecule has 1 unspecified atom stereocenters. The molecule has 0 bridgehead atoms. The van der Waals surface area contributed by atoms with Gasteiger partial charge in [-0.2, -0.15) is 0 Å². The fourth-order valence-corrected chi connectivity index (χ4v) is 2.50. The summed E-state index contributed by atoms with van der Waals surface area (Å²) in [6.07, 6.45) is 1.78. The molecule has 2 N–H and O–H groups in total. The van der Waals surface area contributed by atoms with Crippen LogP contribution in [0.3, 0.4) is 0 Å². The maximum atomic E-state index is 6.10.